The molecule has 1 aliphatic heterocycles. The van der Waals surface area contributed by atoms with Crippen molar-refractivity contribution in [3.8, 4) is 0 Å². The molecular weight excluding hydrogens is 576 g/mol. The average Bonchev–Trinajstić information content (AvgIpc) is 3.26. The fourth-order valence-electron chi connectivity index (χ4n) is 3.17. The molecule has 3 heterocycles. The number of nitrogens with zero attached hydrogens (tertiary/aromatic N) is 4. The van der Waals surface area contributed by atoms with Gasteiger partial charge in [-0.05, 0) is 43.0 Å². The maximum Gasteiger partial charge on any atom is 0.490 e. The Morgan fingerprint density at radius 1 is 1.12 bits per heavy atom. The first-order valence-corrected chi connectivity index (χ1v) is 11.5. The van der Waals surface area contributed by atoms with E-state index in [0.717, 1.165) is 24.8 Å². The number of carboxylic acid groups (broad SMARTS) is 2. The molecule has 0 radical (unpaired) electrons. The number of aromatic nitrogens is 3. The van der Waals surface area contributed by atoms with E-state index in [2.05, 4.69) is 27.2 Å². The molecule has 0 bridgehead atoms. The van der Waals surface area contributed by atoms with Crippen molar-refractivity contribution in [2.24, 2.45) is 5.92 Å². The molecule has 4 rings (SSSR count). The second kappa shape index (κ2) is 16.1. The van der Waals surface area contributed by atoms with Crippen molar-refractivity contribution < 1.29 is 50.9 Å². The summed E-state index contributed by atoms with van der Waals surface area (Å²) >= 11 is 6.08. The quantitative estimate of drug-likeness (QED) is 0.269. The largest absolute Gasteiger partial charge is 0.490 e. The van der Waals surface area contributed by atoms with Gasteiger partial charge in [0.15, 0.2) is 11.5 Å². The molecule has 0 unspecified atom stereocenters. The van der Waals surface area contributed by atoms with Crippen molar-refractivity contribution in [2.45, 2.75) is 32.6 Å². The predicted molar refractivity (Wildman–Crippen MR) is 132 cm³/mol. The van der Waals surface area contributed by atoms with Crippen molar-refractivity contribution in [3.05, 3.63) is 53.2 Å². The SMILES string of the molecule is CC1CCN(c2ccc3nc(NC(=O)c4ccccc4Cl)cn3n2)CC1.FC(F)F.O=C(O)C(F)(F)F.O=CO. The van der Waals surface area contributed by atoms with E-state index < -0.39 is 18.8 Å². The third-order valence-corrected chi connectivity index (χ3v) is 5.35. The monoisotopic (exact) mass is 599 g/mol. The zero-order chi connectivity index (χ0) is 30.5. The number of carboxylic acids is 1. The molecule has 3 aromatic rings. The molecule has 2 aromatic heterocycles. The number of piperidine rings is 1. The minimum atomic E-state index is -5.08. The number of fused-ring (bicyclic) bond motifs is 1. The van der Waals surface area contributed by atoms with Crippen molar-refractivity contribution in [1.29, 1.82) is 0 Å². The highest BCUT2D eigenvalue weighted by Crippen LogP contribution is 2.22. The van der Waals surface area contributed by atoms with Gasteiger partial charge < -0.3 is 20.4 Å². The molecule has 1 amide bonds. The number of anilines is 2. The molecule has 0 atom stereocenters. The predicted octanol–water partition coefficient (Wildman–Crippen LogP) is 5.38. The molecule has 220 valence electrons. The number of imidazole rings is 1. The van der Waals surface area contributed by atoms with Crippen LogP contribution in [0, 0.1) is 5.92 Å². The van der Waals surface area contributed by atoms with Crippen molar-refractivity contribution in [1.82, 2.24) is 14.6 Å². The number of benzene rings is 1. The number of amides is 1. The van der Waals surface area contributed by atoms with Crippen LogP contribution < -0.4 is 10.2 Å². The van der Waals surface area contributed by atoms with Gasteiger partial charge in [-0.15, -0.1) is 5.10 Å². The van der Waals surface area contributed by atoms with Crippen LogP contribution >= 0.6 is 11.6 Å². The van der Waals surface area contributed by atoms with Gasteiger partial charge in [0.25, 0.3) is 12.4 Å². The van der Waals surface area contributed by atoms with Gasteiger partial charge >= 0.3 is 18.8 Å². The third kappa shape index (κ3) is 11.8. The molecule has 10 nitrogen and oxygen atoms in total. The van der Waals surface area contributed by atoms with Gasteiger partial charge in [-0.3, -0.25) is 9.59 Å². The molecule has 1 fully saturated rings. The maximum absolute atomic E-state index is 12.4. The van der Waals surface area contributed by atoms with E-state index in [0.29, 0.717) is 22.1 Å². The molecule has 0 aliphatic carbocycles. The summed E-state index contributed by atoms with van der Waals surface area (Å²) in [6, 6.07) is 10.8. The Hall–Kier alpha value is -4.08. The summed E-state index contributed by atoms with van der Waals surface area (Å²) in [5.41, 5.74) is 1.11. The summed E-state index contributed by atoms with van der Waals surface area (Å²) in [5, 5.41) is 21.9. The average molecular weight is 600 g/mol. The van der Waals surface area contributed by atoms with Gasteiger partial charge in [-0.25, -0.2) is 14.3 Å². The Balaban J connectivity index is 0.000000478. The zero-order valence-corrected chi connectivity index (χ0v) is 21.4. The highest BCUT2D eigenvalue weighted by Gasteiger charge is 2.38. The molecule has 40 heavy (non-hydrogen) atoms. The van der Waals surface area contributed by atoms with Gasteiger partial charge in [-0.1, -0.05) is 30.7 Å². The van der Waals surface area contributed by atoms with Crippen LogP contribution in [-0.2, 0) is 9.59 Å². The van der Waals surface area contributed by atoms with Crippen LogP contribution in [0.1, 0.15) is 30.1 Å². The van der Waals surface area contributed by atoms with Crippen LogP contribution in [0.3, 0.4) is 0 Å². The summed E-state index contributed by atoms with van der Waals surface area (Å²) in [5.74, 6) is -0.885. The van der Waals surface area contributed by atoms with E-state index in [1.165, 1.54) is 12.8 Å². The smallest absolute Gasteiger partial charge is 0.483 e. The first kappa shape index (κ1) is 33.9. The first-order valence-electron chi connectivity index (χ1n) is 11.2. The Labute approximate surface area is 228 Å². The summed E-state index contributed by atoms with van der Waals surface area (Å²) < 4.78 is 62.4. The zero-order valence-electron chi connectivity index (χ0n) is 20.7. The lowest BCUT2D eigenvalue weighted by atomic mass is 9.99. The van der Waals surface area contributed by atoms with Gasteiger partial charge in [-0.2, -0.15) is 26.3 Å². The number of hydrogen-bond donors (Lipinski definition) is 3. The van der Waals surface area contributed by atoms with E-state index in [4.69, 9.17) is 31.4 Å². The van der Waals surface area contributed by atoms with Crippen molar-refractivity contribution >= 4 is 47.2 Å². The fraction of sp³-hybridized carbons (Fsp3) is 0.348. The molecule has 17 heteroatoms. The lowest BCUT2D eigenvalue weighted by Crippen LogP contribution is -2.33. The van der Waals surface area contributed by atoms with Crippen LogP contribution in [0.4, 0.5) is 38.0 Å². The number of halogens is 7. The molecule has 0 spiro atoms. The minimum absolute atomic E-state index is 0.250. The van der Waals surface area contributed by atoms with Crippen LogP contribution in [-0.4, -0.2) is 69.1 Å². The summed E-state index contributed by atoms with van der Waals surface area (Å²) in [6.45, 7) is 0.409. The Kier molecular flexibility index (Phi) is 13.7. The van der Waals surface area contributed by atoms with Gasteiger partial charge in [0.2, 0.25) is 0 Å². The summed E-state index contributed by atoms with van der Waals surface area (Å²) in [7, 11) is 0. The molecule has 1 saturated heterocycles. The Morgan fingerprint density at radius 3 is 2.15 bits per heavy atom. The van der Waals surface area contributed by atoms with Gasteiger partial charge in [0.1, 0.15) is 5.82 Å². The number of rotatable bonds is 3. The molecular formula is C23H24ClF6N5O5. The van der Waals surface area contributed by atoms with E-state index in [9.17, 15) is 31.1 Å². The van der Waals surface area contributed by atoms with E-state index in [-0.39, 0.29) is 12.4 Å². The van der Waals surface area contributed by atoms with Crippen LogP contribution in [0.5, 0.6) is 0 Å². The first-order chi connectivity index (χ1) is 18.7. The van der Waals surface area contributed by atoms with Gasteiger partial charge in [0.05, 0.1) is 16.8 Å². The molecule has 0 saturated carbocycles. The minimum Gasteiger partial charge on any atom is -0.483 e. The lowest BCUT2D eigenvalue weighted by molar-refractivity contribution is -0.192. The lowest BCUT2D eigenvalue weighted by Gasteiger charge is -2.30. The van der Waals surface area contributed by atoms with E-state index in [1.807, 2.05) is 12.1 Å². The Bertz CT molecular complexity index is 1250. The van der Waals surface area contributed by atoms with Crippen molar-refractivity contribution in [3.63, 3.8) is 0 Å². The van der Waals surface area contributed by atoms with E-state index >= 15 is 0 Å². The molecule has 3 N–H and O–H groups in total. The number of hydrogen-bond acceptors (Lipinski definition) is 6. The van der Waals surface area contributed by atoms with Crippen LogP contribution in [0.15, 0.2) is 42.6 Å². The highest BCUT2D eigenvalue weighted by atomic mass is 35.5. The molecule has 1 aliphatic rings. The summed E-state index contributed by atoms with van der Waals surface area (Å²) in [6.07, 6.45) is -0.994. The second-order valence-electron chi connectivity index (χ2n) is 7.88. The topological polar surface area (TPSA) is 137 Å². The number of carbonyl (C=O) groups is 3. The van der Waals surface area contributed by atoms with E-state index in [1.54, 1.807) is 35.0 Å². The number of aliphatic carboxylic acids is 1. The number of carbonyl (C=O) groups excluding carboxylic acids is 1. The van der Waals surface area contributed by atoms with Crippen molar-refractivity contribution in [2.75, 3.05) is 23.3 Å². The highest BCUT2D eigenvalue weighted by molar-refractivity contribution is 6.34. The van der Waals surface area contributed by atoms with Crippen LogP contribution in [0.25, 0.3) is 5.65 Å². The summed E-state index contributed by atoms with van der Waals surface area (Å²) in [4.78, 5) is 36.3. The standard InChI is InChI=1S/C19H20ClN5O.C2HF3O2.CHF3.CH2O2/c1-13-8-10-24(11-9-13)18-7-6-17-21-16(12-25(17)23-18)22-19(26)14-4-2-3-5-15(14)20;3-2(4,5)1(6)7;2-1(3)4;2-1-3/h2-7,12-13H,8-11H2,1H3,(H,22,26);(H,6,7);1H;1H,(H,2,3). The maximum atomic E-state index is 12.4. The molecule has 1 aromatic carbocycles. The van der Waals surface area contributed by atoms with Crippen LogP contribution in [0.2, 0.25) is 5.02 Å². The Morgan fingerprint density at radius 2 is 1.65 bits per heavy atom. The van der Waals surface area contributed by atoms with Gasteiger partial charge in [0, 0.05) is 13.1 Å². The second-order valence-corrected chi connectivity index (χ2v) is 8.29. The number of alkyl halides is 6. The third-order valence-electron chi connectivity index (χ3n) is 5.02. The number of nitrogens with one attached hydrogen (secondary N) is 1. The normalized spacial score (nSPS) is 13.2. The fourth-order valence-corrected chi connectivity index (χ4v) is 3.39.